The fourth-order valence-electron chi connectivity index (χ4n) is 1.17. The van der Waals surface area contributed by atoms with Crippen molar-refractivity contribution in [3.63, 3.8) is 0 Å². The van der Waals surface area contributed by atoms with Crippen molar-refractivity contribution in [2.75, 3.05) is 6.61 Å². The van der Waals surface area contributed by atoms with E-state index in [-0.39, 0.29) is 17.9 Å². The van der Waals surface area contributed by atoms with E-state index in [1.165, 1.54) is 0 Å². The molecule has 0 fully saturated rings. The molecule has 0 aliphatic heterocycles. The maximum absolute atomic E-state index is 12.9. The number of ether oxygens (including phenoxy) is 1. The Morgan fingerprint density at radius 2 is 2.29 bits per heavy atom. The monoisotopic (exact) mass is 239 g/mol. The highest BCUT2D eigenvalue weighted by atomic mass is 19.1. The number of nitrogens with zero attached hydrogens (tertiary/aromatic N) is 1. The Morgan fingerprint density at radius 3 is 2.88 bits per heavy atom. The van der Waals surface area contributed by atoms with Crippen LogP contribution in [0.2, 0.25) is 0 Å². The van der Waals surface area contributed by atoms with E-state index >= 15 is 0 Å². The Bertz CT molecular complexity index is 471. The minimum atomic E-state index is -0.649. The first-order valence-electron chi connectivity index (χ1n) is 4.83. The number of esters is 1. The second-order valence-electron chi connectivity index (χ2n) is 3.05. The Morgan fingerprint density at radius 1 is 1.59 bits per heavy atom. The molecule has 0 aliphatic carbocycles. The standard InChI is InChI=1S/C11H10FNO4/c1-2-17-11(14)6-3-8-7-9(12)4-5-10(8)13(15)16/h3-7H,2H2,1H3. The first-order valence-corrected chi connectivity index (χ1v) is 4.83. The third-order valence-corrected chi connectivity index (χ3v) is 1.87. The molecule has 0 radical (unpaired) electrons. The lowest BCUT2D eigenvalue weighted by Crippen LogP contribution is -1.99. The third kappa shape index (κ3) is 3.67. The SMILES string of the molecule is CCOC(=O)C=Cc1cc(F)ccc1[N+](=O)[O-]. The zero-order valence-corrected chi connectivity index (χ0v) is 9.05. The number of carbonyl (C=O) groups excluding carboxylic acids is 1. The number of hydrogen-bond donors (Lipinski definition) is 0. The zero-order chi connectivity index (χ0) is 12.8. The maximum Gasteiger partial charge on any atom is 0.330 e. The third-order valence-electron chi connectivity index (χ3n) is 1.87. The molecule has 0 saturated heterocycles. The zero-order valence-electron chi connectivity index (χ0n) is 9.05. The van der Waals surface area contributed by atoms with Gasteiger partial charge in [-0.2, -0.15) is 0 Å². The van der Waals surface area contributed by atoms with Crippen molar-refractivity contribution in [3.8, 4) is 0 Å². The molecular formula is C11H10FNO4. The minimum Gasteiger partial charge on any atom is -0.463 e. The second-order valence-corrected chi connectivity index (χ2v) is 3.05. The molecule has 1 rings (SSSR count). The largest absolute Gasteiger partial charge is 0.463 e. The Hall–Kier alpha value is -2.24. The molecule has 0 heterocycles. The van der Waals surface area contributed by atoms with E-state index < -0.39 is 16.7 Å². The molecule has 17 heavy (non-hydrogen) atoms. The maximum atomic E-state index is 12.9. The van der Waals surface area contributed by atoms with Crippen LogP contribution in [0.4, 0.5) is 10.1 Å². The molecule has 0 aromatic heterocycles. The summed E-state index contributed by atoms with van der Waals surface area (Å²) < 4.78 is 17.5. The van der Waals surface area contributed by atoms with Crippen LogP contribution in [-0.2, 0) is 9.53 Å². The lowest BCUT2D eigenvalue weighted by atomic mass is 10.1. The van der Waals surface area contributed by atoms with E-state index in [4.69, 9.17) is 0 Å². The molecule has 0 atom stereocenters. The van der Waals surface area contributed by atoms with Gasteiger partial charge in [-0.05, 0) is 25.1 Å². The average molecular weight is 239 g/mol. The molecule has 0 aliphatic rings. The van der Waals surface area contributed by atoms with Crippen LogP contribution in [-0.4, -0.2) is 17.5 Å². The molecular weight excluding hydrogens is 229 g/mol. The van der Waals surface area contributed by atoms with Gasteiger partial charge < -0.3 is 4.74 Å². The van der Waals surface area contributed by atoms with Gasteiger partial charge in [0, 0.05) is 12.1 Å². The molecule has 5 nitrogen and oxygen atoms in total. The summed E-state index contributed by atoms with van der Waals surface area (Å²) in [7, 11) is 0. The van der Waals surface area contributed by atoms with Gasteiger partial charge in [-0.15, -0.1) is 0 Å². The Kier molecular flexibility index (Phi) is 4.33. The van der Waals surface area contributed by atoms with E-state index in [1.807, 2.05) is 0 Å². The van der Waals surface area contributed by atoms with Crippen molar-refractivity contribution in [1.82, 2.24) is 0 Å². The van der Waals surface area contributed by atoms with Gasteiger partial charge in [0.2, 0.25) is 0 Å². The predicted molar refractivity (Wildman–Crippen MR) is 58.7 cm³/mol. The number of benzene rings is 1. The fourth-order valence-corrected chi connectivity index (χ4v) is 1.17. The van der Waals surface area contributed by atoms with Gasteiger partial charge in [0.05, 0.1) is 17.1 Å². The summed E-state index contributed by atoms with van der Waals surface area (Å²) in [5.41, 5.74) is -0.255. The van der Waals surface area contributed by atoms with Crippen LogP contribution in [0, 0.1) is 15.9 Å². The van der Waals surface area contributed by atoms with Crippen LogP contribution in [0.15, 0.2) is 24.3 Å². The molecule has 0 saturated carbocycles. The summed E-state index contributed by atoms with van der Waals surface area (Å²) in [6.07, 6.45) is 2.17. The van der Waals surface area contributed by atoms with Gasteiger partial charge in [0.15, 0.2) is 0 Å². The molecule has 0 bridgehead atoms. The van der Waals surface area contributed by atoms with Crippen molar-refractivity contribution in [1.29, 1.82) is 0 Å². The van der Waals surface area contributed by atoms with E-state index in [1.54, 1.807) is 6.92 Å². The highest BCUT2D eigenvalue weighted by Crippen LogP contribution is 2.20. The van der Waals surface area contributed by atoms with Crippen LogP contribution in [0.5, 0.6) is 0 Å². The van der Waals surface area contributed by atoms with Crippen LogP contribution in [0.25, 0.3) is 6.08 Å². The summed E-state index contributed by atoms with van der Waals surface area (Å²) >= 11 is 0. The van der Waals surface area contributed by atoms with E-state index in [2.05, 4.69) is 4.74 Å². The Labute approximate surface area is 96.7 Å². The summed E-state index contributed by atoms with van der Waals surface area (Å²) in [5.74, 6) is -1.25. The topological polar surface area (TPSA) is 69.4 Å². The van der Waals surface area contributed by atoms with Crippen molar-refractivity contribution >= 4 is 17.7 Å². The second kappa shape index (κ2) is 5.74. The fraction of sp³-hybridized carbons (Fsp3) is 0.182. The van der Waals surface area contributed by atoms with E-state index in [0.29, 0.717) is 0 Å². The molecule has 1 aromatic carbocycles. The molecule has 0 unspecified atom stereocenters. The van der Waals surface area contributed by atoms with Crippen molar-refractivity contribution in [2.24, 2.45) is 0 Å². The first kappa shape index (κ1) is 12.8. The number of nitro benzene ring substituents is 1. The normalized spacial score (nSPS) is 10.5. The first-order chi connectivity index (χ1) is 8.04. The summed E-state index contributed by atoms with van der Waals surface area (Å²) in [6.45, 7) is 1.84. The van der Waals surface area contributed by atoms with Gasteiger partial charge in [0.1, 0.15) is 5.82 Å². The summed E-state index contributed by atoms with van der Waals surface area (Å²) in [6, 6.07) is 3.01. The lowest BCUT2D eigenvalue weighted by Gasteiger charge is -1.98. The van der Waals surface area contributed by atoms with Crippen LogP contribution in [0.3, 0.4) is 0 Å². The van der Waals surface area contributed by atoms with Gasteiger partial charge in [-0.25, -0.2) is 9.18 Å². The van der Waals surface area contributed by atoms with Crippen LogP contribution >= 0.6 is 0 Å². The van der Waals surface area contributed by atoms with Crippen molar-refractivity contribution in [3.05, 3.63) is 45.8 Å². The number of carbonyl (C=O) groups is 1. The van der Waals surface area contributed by atoms with Crippen molar-refractivity contribution in [2.45, 2.75) is 6.92 Å². The number of rotatable bonds is 4. The predicted octanol–water partition coefficient (Wildman–Crippen LogP) is 2.31. The van der Waals surface area contributed by atoms with Gasteiger partial charge in [0.25, 0.3) is 5.69 Å². The summed E-state index contributed by atoms with van der Waals surface area (Å²) in [5, 5.41) is 10.6. The lowest BCUT2D eigenvalue weighted by molar-refractivity contribution is -0.385. The molecule has 1 aromatic rings. The van der Waals surface area contributed by atoms with Gasteiger partial charge in [-0.3, -0.25) is 10.1 Å². The van der Waals surface area contributed by atoms with Crippen LogP contribution in [0.1, 0.15) is 12.5 Å². The minimum absolute atomic E-state index is 0.0167. The highest BCUT2D eigenvalue weighted by molar-refractivity contribution is 5.87. The number of nitro groups is 1. The number of halogens is 1. The van der Waals surface area contributed by atoms with E-state index in [0.717, 1.165) is 30.4 Å². The molecule has 0 amide bonds. The molecule has 0 N–H and O–H groups in total. The molecule has 6 heteroatoms. The van der Waals surface area contributed by atoms with Crippen LogP contribution < -0.4 is 0 Å². The highest BCUT2D eigenvalue weighted by Gasteiger charge is 2.12. The van der Waals surface area contributed by atoms with Gasteiger partial charge in [-0.1, -0.05) is 0 Å². The smallest absolute Gasteiger partial charge is 0.330 e. The quantitative estimate of drug-likeness (QED) is 0.350. The van der Waals surface area contributed by atoms with E-state index in [9.17, 15) is 19.3 Å². The van der Waals surface area contributed by atoms with Crippen molar-refractivity contribution < 1.29 is 18.8 Å². The Balaban J connectivity index is 3.00. The molecule has 0 spiro atoms. The number of hydrogen-bond acceptors (Lipinski definition) is 4. The molecule has 90 valence electrons. The summed E-state index contributed by atoms with van der Waals surface area (Å²) in [4.78, 5) is 21.0. The van der Waals surface area contributed by atoms with Gasteiger partial charge >= 0.3 is 5.97 Å². The average Bonchev–Trinajstić information content (AvgIpc) is 2.26.